The average Bonchev–Trinajstić information content (AvgIpc) is 2.75. The largest absolute Gasteiger partial charge is 0.322 e. The normalized spacial score (nSPS) is 22.6. The van der Waals surface area contributed by atoms with Gasteiger partial charge in [0.25, 0.3) is 0 Å². The zero-order valence-electron chi connectivity index (χ0n) is 13.1. The quantitative estimate of drug-likeness (QED) is 0.893. The summed E-state index contributed by atoms with van der Waals surface area (Å²) in [7, 11) is 0. The summed E-state index contributed by atoms with van der Waals surface area (Å²) in [6.45, 7) is 9.20. The van der Waals surface area contributed by atoms with Gasteiger partial charge in [-0.3, -0.25) is 10.1 Å². The Bertz CT molecular complexity index is 484. The molecule has 1 aliphatic rings. The molecule has 3 nitrogen and oxygen atoms in total. The van der Waals surface area contributed by atoms with Crippen LogP contribution in [0.4, 0.5) is 0 Å². The molecule has 0 aromatic heterocycles. The van der Waals surface area contributed by atoms with E-state index in [1.165, 1.54) is 16.7 Å². The Morgan fingerprint density at radius 2 is 2.00 bits per heavy atom. The van der Waals surface area contributed by atoms with Gasteiger partial charge in [0.1, 0.15) is 6.17 Å². The van der Waals surface area contributed by atoms with Crippen molar-refractivity contribution in [2.24, 2.45) is 0 Å². The number of carbonyl (C=O) groups excluding carboxylic acids is 1. The van der Waals surface area contributed by atoms with Gasteiger partial charge in [0.2, 0.25) is 5.91 Å². The Balaban J connectivity index is 2.26. The first-order valence-corrected chi connectivity index (χ1v) is 7.72. The minimum absolute atomic E-state index is 0.0141. The Labute approximate surface area is 122 Å². The third kappa shape index (κ3) is 2.88. The smallest absolute Gasteiger partial charge is 0.241 e. The fourth-order valence-electron chi connectivity index (χ4n) is 2.94. The first kappa shape index (κ1) is 15.0. The highest BCUT2D eigenvalue weighted by molar-refractivity contribution is 5.84. The van der Waals surface area contributed by atoms with E-state index in [0.29, 0.717) is 0 Å². The summed E-state index contributed by atoms with van der Waals surface area (Å²) in [5, 5.41) is 3.54. The van der Waals surface area contributed by atoms with Crippen molar-refractivity contribution in [1.82, 2.24) is 10.2 Å². The van der Waals surface area contributed by atoms with Crippen LogP contribution in [0.2, 0.25) is 0 Å². The molecule has 20 heavy (non-hydrogen) atoms. The van der Waals surface area contributed by atoms with E-state index >= 15 is 0 Å². The van der Waals surface area contributed by atoms with Crippen LogP contribution in [0.15, 0.2) is 18.2 Å². The van der Waals surface area contributed by atoms with Crippen molar-refractivity contribution in [1.29, 1.82) is 0 Å². The van der Waals surface area contributed by atoms with Crippen LogP contribution in [0.3, 0.4) is 0 Å². The molecule has 2 unspecified atom stereocenters. The lowest BCUT2D eigenvalue weighted by atomic mass is 10.0. The molecule has 0 aliphatic carbocycles. The standard InChI is InChI=1S/C17H26N2O/c1-5-7-8-15-17(20)19(6-2)16(18-15)14-11-12(3)9-10-13(14)4/h9-11,15-16,18H,5-8H2,1-4H3. The fourth-order valence-corrected chi connectivity index (χ4v) is 2.94. The number of nitrogens with zero attached hydrogens (tertiary/aromatic N) is 1. The first-order chi connectivity index (χ1) is 9.58. The van der Waals surface area contributed by atoms with Crippen molar-refractivity contribution in [3.05, 3.63) is 34.9 Å². The van der Waals surface area contributed by atoms with E-state index in [0.717, 1.165) is 25.8 Å². The van der Waals surface area contributed by atoms with E-state index in [4.69, 9.17) is 0 Å². The first-order valence-electron chi connectivity index (χ1n) is 7.72. The maximum Gasteiger partial charge on any atom is 0.241 e. The number of carbonyl (C=O) groups is 1. The lowest BCUT2D eigenvalue weighted by Crippen LogP contribution is -2.31. The number of rotatable bonds is 5. The van der Waals surface area contributed by atoms with E-state index in [-0.39, 0.29) is 18.1 Å². The minimum atomic E-state index is -0.0141. The predicted octanol–water partition coefficient (Wildman–Crippen LogP) is 3.31. The van der Waals surface area contributed by atoms with Crippen molar-refractivity contribution in [3.63, 3.8) is 0 Å². The van der Waals surface area contributed by atoms with Crippen LogP contribution >= 0.6 is 0 Å². The van der Waals surface area contributed by atoms with Gasteiger partial charge in [-0.25, -0.2) is 0 Å². The number of hydrogen-bond donors (Lipinski definition) is 1. The summed E-state index contributed by atoms with van der Waals surface area (Å²) < 4.78 is 0. The monoisotopic (exact) mass is 274 g/mol. The molecule has 0 spiro atoms. The third-order valence-electron chi connectivity index (χ3n) is 4.17. The summed E-state index contributed by atoms with van der Waals surface area (Å²) >= 11 is 0. The van der Waals surface area contributed by atoms with Gasteiger partial charge in [0.05, 0.1) is 6.04 Å². The van der Waals surface area contributed by atoms with Gasteiger partial charge < -0.3 is 4.90 Å². The SMILES string of the molecule is CCCCC1NC(c2cc(C)ccc2C)N(CC)C1=O. The number of unbranched alkanes of at least 4 members (excludes halogenated alkanes) is 1. The highest BCUT2D eigenvalue weighted by Crippen LogP contribution is 2.29. The van der Waals surface area contributed by atoms with Gasteiger partial charge in [0.15, 0.2) is 0 Å². The Morgan fingerprint density at radius 1 is 1.25 bits per heavy atom. The van der Waals surface area contributed by atoms with Crippen LogP contribution in [0.25, 0.3) is 0 Å². The van der Waals surface area contributed by atoms with Gasteiger partial charge in [-0.05, 0) is 38.3 Å². The molecule has 1 aliphatic heterocycles. The van der Waals surface area contributed by atoms with Crippen LogP contribution in [0.1, 0.15) is 56.0 Å². The Morgan fingerprint density at radius 3 is 2.65 bits per heavy atom. The number of likely N-dealkylation sites (N-methyl/N-ethyl adjacent to an activating group) is 1. The van der Waals surface area contributed by atoms with Crippen LogP contribution in [-0.2, 0) is 4.79 Å². The maximum absolute atomic E-state index is 12.5. The molecule has 2 atom stereocenters. The molecule has 1 fully saturated rings. The molecule has 3 heteroatoms. The summed E-state index contributed by atoms with van der Waals surface area (Å²) in [5.41, 5.74) is 3.72. The van der Waals surface area contributed by atoms with Crippen molar-refractivity contribution in [2.45, 2.75) is 59.2 Å². The van der Waals surface area contributed by atoms with E-state index in [2.05, 4.69) is 51.2 Å². The molecule has 1 heterocycles. The summed E-state index contributed by atoms with van der Waals surface area (Å²) in [4.78, 5) is 14.5. The number of amides is 1. The Kier molecular flexibility index (Phi) is 4.81. The fraction of sp³-hybridized carbons (Fsp3) is 0.588. The predicted molar refractivity (Wildman–Crippen MR) is 82.5 cm³/mol. The molecule has 1 aromatic carbocycles. The zero-order chi connectivity index (χ0) is 14.7. The summed E-state index contributed by atoms with van der Waals surface area (Å²) in [6, 6.07) is 6.45. The second-order valence-corrected chi connectivity index (χ2v) is 5.75. The van der Waals surface area contributed by atoms with Crippen LogP contribution in [0.5, 0.6) is 0 Å². The van der Waals surface area contributed by atoms with Gasteiger partial charge in [-0.15, -0.1) is 0 Å². The molecule has 1 amide bonds. The number of nitrogens with one attached hydrogen (secondary N) is 1. The minimum Gasteiger partial charge on any atom is -0.322 e. The van der Waals surface area contributed by atoms with Crippen molar-refractivity contribution in [2.75, 3.05) is 6.54 Å². The van der Waals surface area contributed by atoms with Crippen LogP contribution in [0, 0.1) is 13.8 Å². The average molecular weight is 274 g/mol. The van der Waals surface area contributed by atoms with Gasteiger partial charge >= 0.3 is 0 Å². The molecular weight excluding hydrogens is 248 g/mol. The van der Waals surface area contributed by atoms with E-state index in [9.17, 15) is 4.79 Å². The van der Waals surface area contributed by atoms with E-state index in [1.54, 1.807) is 0 Å². The van der Waals surface area contributed by atoms with E-state index < -0.39 is 0 Å². The van der Waals surface area contributed by atoms with Crippen molar-refractivity contribution in [3.8, 4) is 0 Å². The molecule has 1 N–H and O–H groups in total. The van der Waals surface area contributed by atoms with E-state index in [1.807, 2.05) is 4.90 Å². The molecule has 0 radical (unpaired) electrons. The number of benzene rings is 1. The number of aryl methyl sites for hydroxylation is 2. The van der Waals surface area contributed by atoms with Crippen molar-refractivity contribution < 1.29 is 4.79 Å². The molecule has 0 saturated carbocycles. The van der Waals surface area contributed by atoms with Crippen LogP contribution < -0.4 is 5.32 Å². The van der Waals surface area contributed by atoms with Gasteiger partial charge in [0, 0.05) is 6.54 Å². The molecule has 1 aromatic rings. The van der Waals surface area contributed by atoms with Gasteiger partial charge in [-0.2, -0.15) is 0 Å². The third-order valence-corrected chi connectivity index (χ3v) is 4.17. The van der Waals surface area contributed by atoms with Crippen molar-refractivity contribution >= 4 is 5.91 Å². The lowest BCUT2D eigenvalue weighted by Gasteiger charge is -2.24. The Hall–Kier alpha value is -1.35. The molecule has 1 saturated heterocycles. The summed E-state index contributed by atoms with van der Waals surface area (Å²) in [5.74, 6) is 0.256. The summed E-state index contributed by atoms with van der Waals surface area (Å²) in [6.07, 6.45) is 3.20. The highest BCUT2D eigenvalue weighted by Gasteiger charge is 2.38. The second kappa shape index (κ2) is 6.40. The maximum atomic E-state index is 12.5. The molecule has 110 valence electrons. The van der Waals surface area contributed by atoms with Crippen LogP contribution in [-0.4, -0.2) is 23.4 Å². The second-order valence-electron chi connectivity index (χ2n) is 5.75. The lowest BCUT2D eigenvalue weighted by molar-refractivity contribution is -0.130. The van der Waals surface area contributed by atoms with Gasteiger partial charge in [-0.1, -0.05) is 43.5 Å². The highest BCUT2D eigenvalue weighted by atomic mass is 16.2. The topological polar surface area (TPSA) is 32.3 Å². The molecular formula is C17H26N2O. The molecule has 0 bridgehead atoms. The zero-order valence-corrected chi connectivity index (χ0v) is 13.1. The number of hydrogen-bond acceptors (Lipinski definition) is 2. The molecule has 2 rings (SSSR count).